The van der Waals surface area contributed by atoms with Gasteiger partial charge in [0.2, 0.25) is 0 Å². The van der Waals surface area contributed by atoms with E-state index in [-0.39, 0.29) is 20.2 Å². The molecule has 0 aliphatic rings. The smallest absolute Gasteiger partial charge is 0.153 e. The first-order valence-corrected chi connectivity index (χ1v) is 5.53. The second kappa shape index (κ2) is 5.17. The lowest BCUT2D eigenvalue weighted by atomic mass is 10.3. The van der Waals surface area contributed by atoms with Crippen molar-refractivity contribution in [2.45, 2.75) is 19.9 Å². The van der Waals surface area contributed by atoms with Crippen molar-refractivity contribution in [1.29, 1.82) is 0 Å². The van der Waals surface area contributed by atoms with Crippen LogP contribution in [0.1, 0.15) is 13.3 Å². The van der Waals surface area contributed by atoms with Crippen LogP contribution in [0.4, 0.5) is 0 Å². The van der Waals surface area contributed by atoms with Gasteiger partial charge in [0.25, 0.3) is 0 Å². The molecule has 0 saturated carbocycles. The van der Waals surface area contributed by atoms with Gasteiger partial charge < -0.3 is 5.73 Å². The average molecular weight is 470 g/mol. The SMILES string of the molecule is Br.CCC(Br)(Br)C(N)(Br)Br. The van der Waals surface area contributed by atoms with Crippen molar-refractivity contribution in [2.24, 2.45) is 5.73 Å². The van der Waals surface area contributed by atoms with Crippen LogP contribution in [-0.4, -0.2) is 6.59 Å². The summed E-state index contributed by atoms with van der Waals surface area (Å²) >= 11 is 13.3. The Bertz CT molecular complexity index is 96.3. The summed E-state index contributed by atoms with van der Waals surface area (Å²) in [5.41, 5.74) is 5.66. The molecule has 0 amide bonds. The van der Waals surface area contributed by atoms with Gasteiger partial charge in [-0.25, -0.2) is 0 Å². The lowest BCUT2D eigenvalue weighted by molar-refractivity contribution is 0.739. The first-order chi connectivity index (χ1) is 3.81. The molecule has 0 aliphatic carbocycles. The zero-order valence-electron chi connectivity index (χ0n) is 5.20. The van der Waals surface area contributed by atoms with Crippen molar-refractivity contribution in [3.63, 3.8) is 0 Å². The monoisotopic (exact) mass is 465 g/mol. The van der Waals surface area contributed by atoms with Crippen LogP contribution in [0.2, 0.25) is 0 Å². The predicted octanol–water partition coefficient (Wildman–Crippen LogP) is 3.86. The van der Waals surface area contributed by atoms with Crippen LogP contribution in [0.25, 0.3) is 0 Å². The van der Waals surface area contributed by atoms with E-state index in [1.807, 2.05) is 6.92 Å². The van der Waals surface area contributed by atoms with Gasteiger partial charge in [0.1, 0.15) is 3.23 Å². The Balaban J connectivity index is 0. The zero-order valence-corrected chi connectivity index (χ0v) is 13.3. The van der Waals surface area contributed by atoms with E-state index in [1.165, 1.54) is 0 Å². The van der Waals surface area contributed by atoms with Gasteiger partial charge >= 0.3 is 0 Å². The van der Waals surface area contributed by atoms with Gasteiger partial charge in [0, 0.05) is 0 Å². The number of alkyl halides is 4. The third-order valence-corrected chi connectivity index (χ3v) is 6.79. The molecule has 0 saturated heterocycles. The van der Waals surface area contributed by atoms with E-state index in [0.717, 1.165) is 6.42 Å². The van der Waals surface area contributed by atoms with Crippen LogP contribution >= 0.6 is 80.7 Å². The van der Waals surface area contributed by atoms with Crippen LogP contribution in [0.3, 0.4) is 0 Å². The number of halogens is 5. The first-order valence-electron chi connectivity index (χ1n) is 2.36. The van der Waals surface area contributed by atoms with Gasteiger partial charge in [-0.15, -0.1) is 17.0 Å². The molecular formula is C4H8Br5N. The summed E-state index contributed by atoms with van der Waals surface area (Å²) < 4.78 is -0.880. The van der Waals surface area contributed by atoms with Crippen molar-refractivity contribution in [2.75, 3.05) is 0 Å². The summed E-state index contributed by atoms with van der Waals surface area (Å²) in [6.07, 6.45) is 0.875. The lowest BCUT2D eigenvalue weighted by Gasteiger charge is -2.29. The zero-order chi connectivity index (χ0) is 7.71. The van der Waals surface area contributed by atoms with Gasteiger partial charge in [-0.3, -0.25) is 0 Å². The minimum absolute atomic E-state index is 0. The third kappa shape index (κ3) is 4.40. The lowest BCUT2D eigenvalue weighted by Crippen LogP contribution is -2.41. The highest BCUT2D eigenvalue weighted by Crippen LogP contribution is 2.46. The molecule has 0 unspecified atom stereocenters. The van der Waals surface area contributed by atoms with E-state index in [4.69, 9.17) is 5.73 Å². The van der Waals surface area contributed by atoms with E-state index in [2.05, 4.69) is 63.7 Å². The van der Waals surface area contributed by atoms with Gasteiger partial charge in [-0.1, -0.05) is 70.6 Å². The molecule has 0 fully saturated rings. The quantitative estimate of drug-likeness (QED) is 0.482. The molecule has 0 bridgehead atoms. The van der Waals surface area contributed by atoms with Crippen LogP contribution in [0, 0.1) is 0 Å². The summed E-state index contributed by atoms with van der Waals surface area (Å²) in [7, 11) is 0. The molecular weight excluding hydrogens is 462 g/mol. The Morgan fingerprint density at radius 3 is 1.50 bits per heavy atom. The average Bonchev–Trinajstić information content (AvgIpc) is 1.64. The van der Waals surface area contributed by atoms with E-state index >= 15 is 0 Å². The van der Waals surface area contributed by atoms with E-state index in [1.54, 1.807) is 0 Å². The highest BCUT2D eigenvalue weighted by molar-refractivity contribution is 9.30. The number of rotatable bonds is 2. The van der Waals surface area contributed by atoms with E-state index in [0.29, 0.717) is 0 Å². The van der Waals surface area contributed by atoms with Gasteiger partial charge in [-0.2, -0.15) is 0 Å². The van der Waals surface area contributed by atoms with Crippen LogP contribution in [0.5, 0.6) is 0 Å². The first kappa shape index (κ1) is 14.9. The second-order valence-electron chi connectivity index (χ2n) is 1.68. The molecule has 0 aliphatic heterocycles. The van der Waals surface area contributed by atoms with Crippen molar-refractivity contribution in [3.8, 4) is 0 Å². The maximum Gasteiger partial charge on any atom is 0.153 e. The summed E-state index contributed by atoms with van der Waals surface area (Å²) in [6.45, 7) is 2.02. The predicted molar refractivity (Wildman–Crippen MR) is 66.0 cm³/mol. The Labute approximate surface area is 105 Å². The number of nitrogens with two attached hydrogens (primary N) is 1. The topological polar surface area (TPSA) is 26.0 Å². The van der Waals surface area contributed by atoms with E-state index in [9.17, 15) is 0 Å². The van der Waals surface area contributed by atoms with Crippen LogP contribution in [-0.2, 0) is 0 Å². The fourth-order valence-electron chi connectivity index (χ4n) is 0.236. The number of hydrogen-bond acceptors (Lipinski definition) is 1. The van der Waals surface area contributed by atoms with Gasteiger partial charge in [0.05, 0.1) is 0 Å². The van der Waals surface area contributed by atoms with Crippen molar-refractivity contribution < 1.29 is 0 Å². The maximum absolute atomic E-state index is 5.66. The molecule has 6 heteroatoms. The minimum atomic E-state index is -0.595. The molecule has 64 valence electrons. The Hall–Kier alpha value is 2.36. The molecule has 0 aromatic rings. The minimum Gasteiger partial charge on any atom is -0.305 e. The summed E-state index contributed by atoms with van der Waals surface area (Å²) in [4.78, 5) is 0. The molecule has 10 heavy (non-hydrogen) atoms. The fourth-order valence-corrected chi connectivity index (χ4v) is 0.796. The summed E-state index contributed by atoms with van der Waals surface area (Å²) in [5.74, 6) is 0. The summed E-state index contributed by atoms with van der Waals surface area (Å²) in [6, 6.07) is 0. The molecule has 0 atom stereocenters. The van der Waals surface area contributed by atoms with Crippen molar-refractivity contribution in [1.82, 2.24) is 0 Å². The Morgan fingerprint density at radius 1 is 1.20 bits per heavy atom. The molecule has 0 aromatic carbocycles. The summed E-state index contributed by atoms with van der Waals surface area (Å²) in [5, 5.41) is 0. The highest BCUT2D eigenvalue weighted by atomic mass is 79.9. The standard InChI is InChI=1S/C4H7Br4N.BrH/c1-2-3(5,6)4(7,8)9;/h2,9H2,1H3;1H. The molecule has 0 rings (SSSR count). The van der Waals surface area contributed by atoms with Gasteiger partial charge in [0.15, 0.2) is 3.36 Å². The second-order valence-corrected chi connectivity index (χ2v) is 9.02. The largest absolute Gasteiger partial charge is 0.305 e. The normalized spacial score (nSPS) is 12.6. The van der Waals surface area contributed by atoms with Crippen LogP contribution in [0.15, 0.2) is 0 Å². The van der Waals surface area contributed by atoms with E-state index < -0.39 is 3.36 Å². The molecule has 0 aromatic heterocycles. The third-order valence-electron chi connectivity index (χ3n) is 0.932. The highest BCUT2D eigenvalue weighted by Gasteiger charge is 2.39. The van der Waals surface area contributed by atoms with Crippen molar-refractivity contribution >= 4 is 80.7 Å². The molecule has 1 nitrogen and oxygen atoms in total. The number of hydrogen-bond donors (Lipinski definition) is 1. The Morgan fingerprint density at radius 2 is 1.50 bits per heavy atom. The molecule has 2 N–H and O–H groups in total. The molecule has 0 radical (unpaired) electrons. The molecule has 0 heterocycles. The Kier molecular flexibility index (Phi) is 7.68. The van der Waals surface area contributed by atoms with Crippen molar-refractivity contribution in [3.05, 3.63) is 0 Å². The molecule has 0 spiro atoms. The fraction of sp³-hybridized carbons (Fsp3) is 1.00. The van der Waals surface area contributed by atoms with Gasteiger partial charge in [-0.05, 0) is 6.42 Å². The maximum atomic E-state index is 5.66. The van der Waals surface area contributed by atoms with Crippen LogP contribution < -0.4 is 5.73 Å².